The van der Waals surface area contributed by atoms with Crippen molar-refractivity contribution in [1.29, 1.82) is 0 Å². The minimum absolute atomic E-state index is 0.232. The fraction of sp³-hybridized carbons (Fsp3) is 0.292. The van der Waals surface area contributed by atoms with E-state index >= 15 is 0 Å². The van der Waals surface area contributed by atoms with Crippen molar-refractivity contribution in [3.05, 3.63) is 60.2 Å². The van der Waals surface area contributed by atoms with Gasteiger partial charge in [0.15, 0.2) is 0 Å². The average Bonchev–Trinajstić information content (AvgIpc) is 2.71. The Hall–Kier alpha value is -3.41. The maximum Gasteiger partial charge on any atom is 0.252 e. The zero-order valence-electron chi connectivity index (χ0n) is 17.9. The van der Waals surface area contributed by atoms with Crippen LogP contribution in [0.3, 0.4) is 0 Å². The number of para-hydroxylation sites is 1. The second-order valence-electron chi connectivity index (χ2n) is 8.24. The number of aromatic nitrogens is 1. The molecule has 1 atom stereocenters. The number of fused-ring (bicyclic) bond motifs is 1. The van der Waals surface area contributed by atoms with Crippen LogP contribution >= 0.6 is 0 Å². The topological polar surface area (TPSA) is 80.3 Å². The fourth-order valence-corrected chi connectivity index (χ4v) is 3.09. The average molecular weight is 405 g/mol. The monoisotopic (exact) mass is 405 g/mol. The summed E-state index contributed by atoms with van der Waals surface area (Å²) in [6.07, 6.45) is 0. The molecule has 3 aromatic rings. The molecule has 3 rings (SSSR count). The molecule has 0 aliphatic rings. The van der Waals surface area contributed by atoms with Gasteiger partial charge < -0.3 is 15.4 Å². The van der Waals surface area contributed by atoms with E-state index in [0.717, 1.165) is 16.7 Å². The zero-order valence-corrected chi connectivity index (χ0v) is 17.9. The maximum atomic E-state index is 13.1. The SMILES string of the molecule is COc1ccc(-c2cc(C(=O)NC(C)C(=O)NC(C)(C)C)c3ccccc3n2)cc1. The van der Waals surface area contributed by atoms with Gasteiger partial charge in [0.25, 0.3) is 5.91 Å². The normalized spacial score (nSPS) is 12.3. The van der Waals surface area contributed by atoms with Crippen LogP contribution in [-0.2, 0) is 4.79 Å². The van der Waals surface area contributed by atoms with Crippen LogP contribution in [0, 0.1) is 0 Å². The summed E-state index contributed by atoms with van der Waals surface area (Å²) in [7, 11) is 1.61. The number of methoxy groups -OCH3 is 1. The van der Waals surface area contributed by atoms with Crippen LogP contribution in [0.15, 0.2) is 54.6 Å². The van der Waals surface area contributed by atoms with E-state index in [1.807, 2.05) is 69.3 Å². The van der Waals surface area contributed by atoms with Gasteiger partial charge in [-0.15, -0.1) is 0 Å². The van der Waals surface area contributed by atoms with Crippen molar-refractivity contribution in [3.63, 3.8) is 0 Å². The number of benzene rings is 2. The predicted octanol–water partition coefficient (Wildman–Crippen LogP) is 3.94. The Bertz CT molecular complexity index is 1070. The van der Waals surface area contributed by atoms with Crippen LogP contribution in [0.4, 0.5) is 0 Å². The quantitative estimate of drug-likeness (QED) is 0.674. The molecular weight excluding hydrogens is 378 g/mol. The Morgan fingerprint density at radius 3 is 2.33 bits per heavy atom. The van der Waals surface area contributed by atoms with Gasteiger partial charge in [0.2, 0.25) is 5.91 Å². The molecule has 0 saturated carbocycles. The van der Waals surface area contributed by atoms with E-state index in [9.17, 15) is 9.59 Å². The van der Waals surface area contributed by atoms with E-state index in [4.69, 9.17) is 9.72 Å². The van der Waals surface area contributed by atoms with Gasteiger partial charge in [-0.3, -0.25) is 9.59 Å². The van der Waals surface area contributed by atoms with E-state index in [1.54, 1.807) is 20.1 Å². The van der Waals surface area contributed by atoms with Crippen LogP contribution in [0.5, 0.6) is 5.75 Å². The number of nitrogens with one attached hydrogen (secondary N) is 2. The van der Waals surface area contributed by atoms with Crippen LogP contribution in [0.1, 0.15) is 38.1 Å². The summed E-state index contributed by atoms with van der Waals surface area (Å²) in [5, 5.41) is 6.42. The summed E-state index contributed by atoms with van der Waals surface area (Å²) < 4.78 is 5.22. The molecule has 0 radical (unpaired) electrons. The van der Waals surface area contributed by atoms with Crippen molar-refractivity contribution in [2.45, 2.75) is 39.3 Å². The molecule has 0 fully saturated rings. The maximum absolute atomic E-state index is 13.1. The highest BCUT2D eigenvalue weighted by molar-refractivity contribution is 6.08. The lowest BCUT2D eigenvalue weighted by atomic mass is 10.0. The molecule has 2 aromatic carbocycles. The fourth-order valence-electron chi connectivity index (χ4n) is 3.09. The molecule has 1 heterocycles. The highest BCUT2D eigenvalue weighted by Gasteiger charge is 2.22. The van der Waals surface area contributed by atoms with Gasteiger partial charge in [-0.25, -0.2) is 4.98 Å². The van der Waals surface area contributed by atoms with E-state index < -0.39 is 6.04 Å². The van der Waals surface area contributed by atoms with E-state index in [2.05, 4.69) is 10.6 Å². The van der Waals surface area contributed by atoms with E-state index in [-0.39, 0.29) is 17.4 Å². The highest BCUT2D eigenvalue weighted by atomic mass is 16.5. The molecule has 30 heavy (non-hydrogen) atoms. The lowest BCUT2D eigenvalue weighted by molar-refractivity contribution is -0.124. The Morgan fingerprint density at radius 2 is 1.70 bits per heavy atom. The first-order valence-corrected chi connectivity index (χ1v) is 9.85. The number of hydrogen-bond acceptors (Lipinski definition) is 4. The molecule has 0 bridgehead atoms. The number of hydrogen-bond donors (Lipinski definition) is 2. The van der Waals surface area contributed by atoms with Crippen LogP contribution < -0.4 is 15.4 Å². The minimum atomic E-state index is -0.673. The first kappa shape index (κ1) is 21.3. The van der Waals surface area contributed by atoms with Gasteiger partial charge in [-0.05, 0) is 64.1 Å². The zero-order chi connectivity index (χ0) is 21.9. The largest absolute Gasteiger partial charge is 0.497 e. The van der Waals surface area contributed by atoms with E-state index in [1.165, 1.54) is 0 Å². The summed E-state index contributed by atoms with van der Waals surface area (Å²) in [4.78, 5) is 30.2. The van der Waals surface area contributed by atoms with Crippen molar-refractivity contribution in [2.75, 3.05) is 7.11 Å². The Balaban J connectivity index is 1.95. The number of nitrogens with zero attached hydrogens (tertiary/aromatic N) is 1. The standard InChI is InChI=1S/C24H27N3O3/c1-15(22(28)27-24(2,3)4)25-23(29)19-14-21(16-10-12-17(30-5)13-11-16)26-20-9-7-6-8-18(19)20/h6-15H,1-5H3,(H,25,29)(H,27,28). The molecule has 156 valence electrons. The molecule has 2 amide bonds. The van der Waals surface area contributed by atoms with Gasteiger partial charge in [-0.1, -0.05) is 18.2 Å². The van der Waals surface area contributed by atoms with Crippen molar-refractivity contribution in [1.82, 2.24) is 15.6 Å². The number of amides is 2. The van der Waals surface area contributed by atoms with Crippen molar-refractivity contribution in [2.24, 2.45) is 0 Å². The molecule has 6 nitrogen and oxygen atoms in total. The minimum Gasteiger partial charge on any atom is -0.497 e. The lowest BCUT2D eigenvalue weighted by Crippen LogP contribution is -2.50. The first-order valence-electron chi connectivity index (χ1n) is 9.85. The Kier molecular flexibility index (Phi) is 6.06. The molecule has 0 spiro atoms. The highest BCUT2D eigenvalue weighted by Crippen LogP contribution is 2.26. The second-order valence-corrected chi connectivity index (χ2v) is 8.24. The number of pyridine rings is 1. The summed E-state index contributed by atoms with van der Waals surface area (Å²) in [5.41, 5.74) is 2.35. The molecule has 0 saturated heterocycles. The summed E-state index contributed by atoms with van der Waals surface area (Å²) in [6, 6.07) is 16.1. The van der Waals surface area contributed by atoms with Gasteiger partial charge in [0.05, 0.1) is 23.9 Å². The predicted molar refractivity (Wildman–Crippen MR) is 119 cm³/mol. The third kappa shape index (κ3) is 4.95. The van der Waals surface area contributed by atoms with Gasteiger partial charge >= 0.3 is 0 Å². The molecule has 6 heteroatoms. The van der Waals surface area contributed by atoms with Crippen LogP contribution in [0.2, 0.25) is 0 Å². The number of ether oxygens (including phenoxy) is 1. The van der Waals surface area contributed by atoms with E-state index in [0.29, 0.717) is 16.8 Å². The van der Waals surface area contributed by atoms with Gasteiger partial charge in [0.1, 0.15) is 11.8 Å². The Labute approximate surface area is 176 Å². The van der Waals surface area contributed by atoms with Crippen LogP contribution in [0.25, 0.3) is 22.2 Å². The molecule has 1 aromatic heterocycles. The van der Waals surface area contributed by atoms with Crippen LogP contribution in [-0.4, -0.2) is 35.5 Å². The number of carbonyl (C=O) groups is 2. The summed E-state index contributed by atoms with van der Waals surface area (Å²) in [5.74, 6) is 0.195. The van der Waals surface area contributed by atoms with Gasteiger partial charge in [-0.2, -0.15) is 0 Å². The molecular formula is C24H27N3O3. The lowest BCUT2D eigenvalue weighted by Gasteiger charge is -2.23. The van der Waals surface area contributed by atoms with Crippen molar-refractivity contribution < 1.29 is 14.3 Å². The first-order chi connectivity index (χ1) is 14.2. The smallest absolute Gasteiger partial charge is 0.252 e. The Morgan fingerprint density at radius 1 is 1.03 bits per heavy atom. The summed E-state index contributed by atoms with van der Waals surface area (Å²) >= 11 is 0. The molecule has 0 aliphatic heterocycles. The summed E-state index contributed by atoms with van der Waals surface area (Å²) in [6.45, 7) is 7.37. The molecule has 0 aliphatic carbocycles. The second kappa shape index (κ2) is 8.53. The third-order valence-corrected chi connectivity index (χ3v) is 4.59. The third-order valence-electron chi connectivity index (χ3n) is 4.59. The van der Waals surface area contributed by atoms with Crippen molar-refractivity contribution in [3.8, 4) is 17.0 Å². The number of rotatable bonds is 5. The molecule has 2 N–H and O–H groups in total. The number of carbonyl (C=O) groups excluding carboxylic acids is 2. The van der Waals surface area contributed by atoms with Gasteiger partial charge in [0, 0.05) is 16.5 Å². The van der Waals surface area contributed by atoms with Crippen molar-refractivity contribution >= 4 is 22.7 Å². The molecule has 1 unspecified atom stereocenters.